The van der Waals surface area contributed by atoms with Crippen molar-refractivity contribution in [3.05, 3.63) is 36.2 Å². The maximum Gasteiger partial charge on any atom is 0.409 e. The fourth-order valence-corrected chi connectivity index (χ4v) is 3.93. The lowest BCUT2D eigenvalue weighted by molar-refractivity contribution is 0.0748. The first-order valence-corrected chi connectivity index (χ1v) is 11.5. The average Bonchev–Trinajstić information content (AvgIpc) is 3.41. The van der Waals surface area contributed by atoms with Gasteiger partial charge < -0.3 is 19.0 Å². The first kappa shape index (κ1) is 22.8. The standard InChI is InChI=1S/C24H31N5O4/c1-16(2)15-33-24(31)28-9-6-8-27(10-11-28)23(30)18-13-20(21-7-5-12-32-21)26-22-19(18)14-25-29(22)17(3)4/h5,7,12-14,16-17H,6,8-11,15H2,1-4H3. The van der Waals surface area contributed by atoms with Crippen LogP contribution in [-0.2, 0) is 4.74 Å². The molecular weight excluding hydrogens is 422 g/mol. The lowest BCUT2D eigenvalue weighted by Crippen LogP contribution is -2.38. The van der Waals surface area contributed by atoms with Crippen LogP contribution in [0.4, 0.5) is 4.79 Å². The van der Waals surface area contributed by atoms with E-state index in [4.69, 9.17) is 14.1 Å². The summed E-state index contributed by atoms with van der Waals surface area (Å²) >= 11 is 0. The van der Waals surface area contributed by atoms with Crippen LogP contribution in [0, 0.1) is 5.92 Å². The molecule has 4 rings (SSSR count). The molecule has 1 aliphatic rings. The van der Waals surface area contributed by atoms with Gasteiger partial charge in [-0.15, -0.1) is 0 Å². The highest BCUT2D eigenvalue weighted by Gasteiger charge is 2.27. The molecule has 4 heterocycles. The molecular formula is C24H31N5O4. The lowest BCUT2D eigenvalue weighted by atomic mass is 10.1. The highest BCUT2D eigenvalue weighted by Crippen LogP contribution is 2.28. The van der Waals surface area contributed by atoms with Crippen LogP contribution in [0.25, 0.3) is 22.5 Å². The van der Waals surface area contributed by atoms with E-state index in [0.29, 0.717) is 67.3 Å². The van der Waals surface area contributed by atoms with Gasteiger partial charge in [0.1, 0.15) is 5.69 Å². The smallest absolute Gasteiger partial charge is 0.409 e. The van der Waals surface area contributed by atoms with Gasteiger partial charge in [0.05, 0.1) is 30.0 Å². The monoisotopic (exact) mass is 453 g/mol. The molecule has 0 atom stereocenters. The Balaban J connectivity index is 1.60. The van der Waals surface area contributed by atoms with Crippen molar-refractivity contribution in [2.75, 3.05) is 32.8 Å². The van der Waals surface area contributed by atoms with Crippen molar-refractivity contribution in [1.29, 1.82) is 0 Å². The van der Waals surface area contributed by atoms with Gasteiger partial charge >= 0.3 is 6.09 Å². The summed E-state index contributed by atoms with van der Waals surface area (Å²) in [6, 6.07) is 5.48. The van der Waals surface area contributed by atoms with E-state index in [1.165, 1.54) is 0 Å². The summed E-state index contributed by atoms with van der Waals surface area (Å²) in [6.07, 6.45) is 3.66. The van der Waals surface area contributed by atoms with Crippen molar-refractivity contribution in [1.82, 2.24) is 24.6 Å². The molecule has 0 aromatic carbocycles. The van der Waals surface area contributed by atoms with Crippen LogP contribution < -0.4 is 0 Å². The van der Waals surface area contributed by atoms with Gasteiger partial charge in [-0.25, -0.2) is 14.5 Å². The molecule has 3 aromatic heterocycles. The summed E-state index contributed by atoms with van der Waals surface area (Å²) in [6.45, 7) is 10.5. The summed E-state index contributed by atoms with van der Waals surface area (Å²) in [7, 11) is 0. The van der Waals surface area contributed by atoms with E-state index in [2.05, 4.69) is 5.10 Å². The van der Waals surface area contributed by atoms with Crippen molar-refractivity contribution in [2.24, 2.45) is 5.92 Å². The Hall–Kier alpha value is -3.36. The van der Waals surface area contributed by atoms with Gasteiger partial charge in [-0.05, 0) is 44.4 Å². The first-order chi connectivity index (χ1) is 15.8. The number of furan rings is 1. The lowest BCUT2D eigenvalue weighted by Gasteiger charge is -2.22. The molecule has 0 bridgehead atoms. The number of hydrogen-bond acceptors (Lipinski definition) is 6. The zero-order valence-corrected chi connectivity index (χ0v) is 19.7. The fourth-order valence-electron chi connectivity index (χ4n) is 3.93. The number of pyridine rings is 1. The molecule has 176 valence electrons. The SMILES string of the molecule is CC(C)COC(=O)N1CCCN(C(=O)c2cc(-c3ccco3)nc3c2cnn3C(C)C)CC1. The van der Waals surface area contributed by atoms with Gasteiger partial charge in [-0.3, -0.25) is 4.79 Å². The van der Waals surface area contributed by atoms with Gasteiger partial charge in [0.25, 0.3) is 5.91 Å². The predicted octanol–water partition coefficient (Wildman–Crippen LogP) is 4.21. The van der Waals surface area contributed by atoms with Crippen molar-refractivity contribution >= 4 is 23.0 Å². The number of carbonyl (C=O) groups is 2. The first-order valence-electron chi connectivity index (χ1n) is 11.5. The molecule has 3 aromatic rings. The van der Waals surface area contributed by atoms with E-state index in [1.807, 2.05) is 38.4 Å². The molecule has 0 unspecified atom stereocenters. The number of nitrogens with zero attached hydrogens (tertiary/aromatic N) is 5. The van der Waals surface area contributed by atoms with Crippen LogP contribution >= 0.6 is 0 Å². The van der Waals surface area contributed by atoms with Crippen LogP contribution in [0.5, 0.6) is 0 Å². The molecule has 2 amide bonds. The van der Waals surface area contributed by atoms with Gasteiger partial charge in [0.15, 0.2) is 11.4 Å². The number of fused-ring (bicyclic) bond motifs is 1. The average molecular weight is 454 g/mol. The van der Waals surface area contributed by atoms with Gasteiger partial charge in [-0.1, -0.05) is 13.8 Å². The number of rotatable bonds is 5. The van der Waals surface area contributed by atoms with Crippen molar-refractivity contribution in [3.63, 3.8) is 0 Å². The van der Waals surface area contributed by atoms with E-state index in [0.717, 1.165) is 0 Å². The van der Waals surface area contributed by atoms with E-state index < -0.39 is 0 Å². The quantitative estimate of drug-likeness (QED) is 0.574. The Morgan fingerprint density at radius 3 is 2.58 bits per heavy atom. The highest BCUT2D eigenvalue weighted by atomic mass is 16.6. The second kappa shape index (κ2) is 9.64. The van der Waals surface area contributed by atoms with Gasteiger partial charge in [0, 0.05) is 32.2 Å². The number of aromatic nitrogens is 3. The largest absolute Gasteiger partial charge is 0.463 e. The Bertz CT molecular complexity index is 1120. The molecule has 0 radical (unpaired) electrons. The van der Waals surface area contributed by atoms with Crippen LogP contribution in [0.15, 0.2) is 35.1 Å². The van der Waals surface area contributed by atoms with Crippen molar-refractivity contribution in [3.8, 4) is 11.5 Å². The summed E-state index contributed by atoms with van der Waals surface area (Å²) in [5.41, 5.74) is 1.78. The second-order valence-corrected chi connectivity index (χ2v) is 9.06. The van der Waals surface area contributed by atoms with Crippen LogP contribution in [0.1, 0.15) is 50.5 Å². The second-order valence-electron chi connectivity index (χ2n) is 9.06. The Morgan fingerprint density at radius 2 is 1.88 bits per heavy atom. The molecule has 1 fully saturated rings. The normalized spacial score (nSPS) is 14.8. The third kappa shape index (κ3) is 4.86. The summed E-state index contributed by atoms with van der Waals surface area (Å²) < 4.78 is 12.7. The highest BCUT2D eigenvalue weighted by molar-refractivity contribution is 6.06. The fraction of sp³-hybridized carbons (Fsp3) is 0.500. The molecule has 33 heavy (non-hydrogen) atoms. The van der Waals surface area contributed by atoms with E-state index >= 15 is 0 Å². The summed E-state index contributed by atoms with van der Waals surface area (Å²) in [4.78, 5) is 34.3. The van der Waals surface area contributed by atoms with E-state index in [9.17, 15) is 9.59 Å². The van der Waals surface area contributed by atoms with Gasteiger partial charge in [-0.2, -0.15) is 5.10 Å². The minimum atomic E-state index is -0.317. The Kier molecular flexibility index (Phi) is 6.67. The maximum atomic E-state index is 13.7. The van der Waals surface area contributed by atoms with Crippen LogP contribution in [0.3, 0.4) is 0 Å². The summed E-state index contributed by atoms with van der Waals surface area (Å²) in [5, 5.41) is 5.19. The molecule has 9 heteroatoms. The van der Waals surface area contributed by atoms with Crippen LogP contribution in [0.2, 0.25) is 0 Å². The van der Waals surface area contributed by atoms with E-state index in [-0.39, 0.29) is 24.0 Å². The minimum Gasteiger partial charge on any atom is -0.463 e. The topological polar surface area (TPSA) is 93.7 Å². The molecule has 0 saturated carbocycles. The molecule has 0 aliphatic carbocycles. The van der Waals surface area contributed by atoms with Crippen LogP contribution in [-0.4, -0.2) is 69.4 Å². The molecule has 1 saturated heterocycles. The Labute approximate surface area is 193 Å². The number of amides is 2. The maximum absolute atomic E-state index is 13.7. The number of carbonyl (C=O) groups excluding carboxylic acids is 2. The number of ether oxygens (including phenoxy) is 1. The third-order valence-electron chi connectivity index (χ3n) is 5.64. The molecule has 1 aliphatic heterocycles. The predicted molar refractivity (Wildman–Crippen MR) is 124 cm³/mol. The zero-order valence-electron chi connectivity index (χ0n) is 19.7. The van der Waals surface area contributed by atoms with Crippen molar-refractivity contribution < 1.29 is 18.7 Å². The Morgan fingerprint density at radius 1 is 1.12 bits per heavy atom. The third-order valence-corrected chi connectivity index (χ3v) is 5.64. The molecule has 0 N–H and O–H groups in total. The van der Waals surface area contributed by atoms with Crippen molar-refractivity contribution in [2.45, 2.75) is 40.2 Å². The minimum absolute atomic E-state index is 0.0911. The zero-order chi connectivity index (χ0) is 23.5. The molecule has 0 spiro atoms. The number of hydrogen-bond donors (Lipinski definition) is 0. The molecule has 9 nitrogen and oxygen atoms in total. The van der Waals surface area contributed by atoms with Gasteiger partial charge in [0.2, 0.25) is 0 Å². The summed E-state index contributed by atoms with van der Waals surface area (Å²) in [5.74, 6) is 0.775. The van der Waals surface area contributed by atoms with E-state index in [1.54, 1.807) is 34.4 Å².